The van der Waals surface area contributed by atoms with Gasteiger partial charge in [-0.25, -0.2) is 0 Å². The Morgan fingerprint density at radius 3 is 2.58 bits per heavy atom. The molecule has 1 rings (SSSR count). The monoisotopic (exact) mass is 332 g/mol. The molecule has 0 radical (unpaired) electrons. The van der Waals surface area contributed by atoms with E-state index < -0.39 is 22.1 Å². The van der Waals surface area contributed by atoms with Crippen molar-refractivity contribution in [1.82, 2.24) is 0 Å². The molecule has 0 saturated heterocycles. The summed E-state index contributed by atoms with van der Waals surface area (Å²) in [6.45, 7) is 0.323. The van der Waals surface area contributed by atoms with Gasteiger partial charge in [0, 0.05) is 5.33 Å². The fraction of sp³-hybridized carbons (Fsp3) is 0.364. The average Bonchev–Trinajstić information content (AvgIpc) is 2.38. The van der Waals surface area contributed by atoms with Crippen LogP contribution in [-0.4, -0.2) is 29.9 Å². The zero-order valence-electron chi connectivity index (χ0n) is 10.1. The zero-order valence-corrected chi connectivity index (χ0v) is 11.6. The van der Waals surface area contributed by atoms with Gasteiger partial charge in [0.05, 0.1) is 36.2 Å². The molecule has 0 atom stereocenters. The first-order valence-corrected chi connectivity index (χ1v) is 6.40. The first-order valence-electron chi connectivity index (χ1n) is 5.27. The quantitative estimate of drug-likeness (QED) is 0.321. The third-order valence-electron chi connectivity index (χ3n) is 2.23. The normalized spacial score (nSPS) is 10.0. The number of halogens is 1. The van der Waals surface area contributed by atoms with Gasteiger partial charge < -0.3 is 19.4 Å². The van der Waals surface area contributed by atoms with E-state index in [0.29, 0.717) is 18.4 Å². The molecule has 104 valence electrons. The van der Waals surface area contributed by atoms with Crippen LogP contribution < -0.4 is 14.6 Å². The Kier molecular flexibility index (Phi) is 5.56. The molecule has 0 bridgehead atoms. The van der Waals surface area contributed by atoms with Crippen molar-refractivity contribution in [1.29, 1.82) is 0 Å². The largest absolute Gasteiger partial charge is 0.545 e. The van der Waals surface area contributed by atoms with Crippen molar-refractivity contribution in [2.45, 2.75) is 6.42 Å². The van der Waals surface area contributed by atoms with E-state index >= 15 is 0 Å². The van der Waals surface area contributed by atoms with Crippen LogP contribution in [0, 0.1) is 10.1 Å². The van der Waals surface area contributed by atoms with Crippen molar-refractivity contribution in [2.75, 3.05) is 19.0 Å². The Hall–Kier alpha value is -1.83. The Balaban J connectivity index is 3.19. The van der Waals surface area contributed by atoms with Crippen LogP contribution in [0.1, 0.15) is 16.8 Å². The van der Waals surface area contributed by atoms with Gasteiger partial charge in [-0.15, -0.1) is 0 Å². The van der Waals surface area contributed by atoms with Crippen LogP contribution in [0.2, 0.25) is 0 Å². The number of hydrogen-bond acceptors (Lipinski definition) is 6. The lowest BCUT2D eigenvalue weighted by molar-refractivity contribution is -0.385. The number of nitro benzene ring substituents is 1. The van der Waals surface area contributed by atoms with Crippen LogP contribution in [0.3, 0.4) is 0 Å². The van der Waals surface area contributed by atoms with Gasteiger partial charge in [-0.05, 0) is 12.5 Å². The number of hydrogen-bond donors (Lipinski definition) is 0. The number of aromatic carboxylic acids is 1. The van der Waals surface area contributed by atoms with Gasteiger partial charge in [-0.3, -0.25) is 10.1 Å². The number of carbonyl (C=O) groups excluding carboxylic acids is 1. The predicted octanol–water partition coefficient (Wildman–Crippen LogP) is 1.13. The van der Waals surface area contributed by atoms with Crippen molar-refractivity contribution in [2.24, 2.45) is 0 Å². The van der Waals surface area contributed by atoms with E-state index in [4.69, 9.17) is 9.47 Å². The molecule has 0 spiro atoms. The van der Waals surface area contributed by atoms with Crippen molar-refractivity contribution < 1.29 is 24.3 Å². The van der Waals surface area contributed by atoms with Crippen LogP contribution >= 0.6 is 15.9 Å². The van der Waals surface area contributed by atoms with Gasteiger partial charge in [0.15, 0.2) is 11.5 Å². The molecule has 7 nitrogen and oxygen atoms in total. The van der Waals surface area contributed by atoms with Gasteiger partial charge in [0.2, 0.25) is 0 Å². The highest BCUT2D eigenvalue weighted by molar-refractivity contribution is 9.09. The van der Waals surface area contributed by atoms with Gasteiger partial charge in [0.25, 0.3) is 5.69 Å². The summed E-state index contributed by atoms with van der Waals surface area (Å²) in [7, 11) is 1.32. The molecular formula is C11H11BrNO6-. The predicted molar refractivity (Wildman–Crippen MR) is 67.9 cm³/mol. The number of benzene rings is 1. The number of methoxy groups -OCH3 is 1. The summed E-state index contributed by atoms with van der Waals surface area (Å²) < 4.78 is 10.3. The summed E-state index contributed by atoms with van der Waals surface area (Å²) in [6, 6.07) is 2.05. The maximum Gasteiger partial charge on any atom is 0.282 e. The number of carbonyl (C=O) groups is 1. The number of alkyl halides is 1. The number of carboxylic acids is 1. The fourth-order valence-electron chi connectivity index (χ4n) is 1.37. The third-order valence-corrected chi connectivity index (χ3v) is 2.79. The minimum absolute atomic E-state index is 0.111. The number of ether oxygens (including phenoxy) is 2. The number of nitro groups is 1. The molecular weight excluding hydrogens is 322 g/mol. The summed E-state index contributed by atoms with van der Waals surface area (Å²) in [4.78, 5) is 20.9. The molecule has 0 N–H and O–H groups in total. The second-order valence-electron chi connectivity index (χ2n) is 3.46. The maximum atomic E-state index is 10.8. The number of rotatable bonds is 7. The average molecular weight is 333 g/mol. The summed E-state index contributed by atoms with van der Waals surface area (Å²) in [5, 5.41) is 22.4. The molecule has 0 aromatic heterocycles. The molecule has 19 heavy (non-hydrogen) atoms. The molecule has 0 heterocycles. The Bertz CT molecular complexity index is 490. The van der Waals surface area contributed by atoms with Gasteiger partial charge in [-0.1, -0.05) is 15.9 Å². The summed E-state index contributed by atoms with van der Waals surface area (Å²) >= 11 is 3.22. The van der Waals surface area contributed by atoms with Crippen molar-refractivity contribution in [3.63, 3.8) is 0 Å². The number of carboxylic acid groups (broad SMARTS) is 1. The lowest BCUT2D eigenvalue weighted by Gasteiger charge is -2.12. The van der Waals surface area contributed by atoms with Gasteiger partial charge in [0.1, 0.15) is 0 Å². The molecule has 0 fully saturated rings. The van der Waals surface area contributed by atoms with Gasteiger partial charge in [-0.2, -0.15) is 0 Å². The van der Waals surface area contributed by atoms with Crippen LogP contribution in [0.4, 0.5) is 5.69 Å². The lowest BCUT2D eigenvalue weighted by atomic mass is 10.1. The smallest absolute Gasteiger partial charge is 0.282 e. The first-order chi connectivity index (χ1) is 9.01. The molecule has 0 aliphatic carbocycles. The Labute approximate surface area is 117 Å². The molecule has 0 aliphatic heterocycles. The van der Waals surface area contributed by atoms with E-state index in [2.05, 4.69) is 15.9 Å². The highest BCUT2D eigenvalue weighted by atomic mass is 79.9. The molecule has 1 aromatic rings. The van der Waals surface area contributed by atoms with Crippen LogP contribution in [0.15, 0.2) is 12.1 Å². The van der Waals surface area contributed by atoms with Crippen molar-refractivity contribution in [3.05, 3.63) is 27.8 Å². The zero-order chi connectivity index (χ0) is 14.4. The topological polar surface area (TPSA) is 102 Å². The highest BCUT2D eigenvalue weighted by Crippen LogP contribution is 2.34. The SMILES string of the molecule is COc1cc(C(=O)[O-])c([N+](=O)[O-])cc1OCCCBr. The van der Waals surface area contributed by atoms with E-state index in [9.17, 15) is 20.0 Å². The Morgan fingerprint density at radius 2 is 2.11 bits per heavy atom. The van der Waals surface area contributed by atoms with Crippen molar-refractivity contribution in [3.8, 4) is 11.5 Å². The minimum Gasteiger partial charge on any atom is -0.545 e. The molecule has 0 saturated carbocycles. The van der Waals surface area contributed by atoms with Crippen LogP contribution in [-0.2, 0) is 0 Å². The van der Waals surface area contributed by atoms with E-state index in [0.717, 1.165) is 12.1 Å². The number of nitrogens with zero attached hydrogens (tertiary/aromatic N) is 1. The molecule has 0 aliphatic rings. The lowest BCUT2D eigenvalue weighted by Crippen LogP contribution is -2.23. The minimum atomic E-state index is -1.64. The van der Waals surface area contributed by atoms with E-state index in [1.54, 1.807) is 0 Å². The van der Waals surface area contributed by atoms with Crippen molar-refractivity contribution >= 4 is 27.6 Å². The molecule has 0 unspecified atom stereocenters. The summed E-state index contributed by atoms with van der Waals surface area (Å²) in [5.74, 6) is -1.41. The molecule has 0 amide bonds. The third kappa shape index (κ3) is 3.82. The van der Waals surface area contributed by atoms with Crippen LogP contribution in [0.25, 0.3) is 0 Å². The summed E-state index contributed by atoms with van der Waals surface area (Å²) in [5.41, 5.74) is -1.13. The highest BCUT2D eigenvalue weighted by Gasteiger charge is 2.20. The second kappa shape index (κ2) is 6.93. The van der Waals surface area contributed by atoms with Crippen LogP contribution in [0.5, 0.6) is 11.5 Å². The standard InChI is InChI=1S/C11H12BrNO6/c1-18-9-5-7(11(14)15)8(13(16)17)6-10(9)19-4-2-3-12/h5-6H,2-4H2,1H3,(H,14,15)/p-1. The fourth-order valence-corrected chi connectivity index (χ4v) is 1.60. The second-order valence-corrected chi connectivity index (χ2v) is 4.25. The first kappa shape index (κ1) is 15.2. The van der Waals surface area contributed by atoms with E-state index in [1.807, 2.05) is 0 Å². The van der Waals surface area contributed by atoms with E-state index in [1.165, 1.54) is 7.11 Å². The molecule has 8 heteroatoms. The molecule has 1 aromatic carbocycles. The Morgan fingerprint density at radius 1 is 1.42 bits per heavy atom. The van der Waals surface area contributed by atoms with E-state index in [-0.39, 0.29) is 11.5 Å². The summed E-state index contributed by atoms with van der Waals surface area (Å²) in [6.07, 6.45) is 0.694. The maximum absolute atomic E-state index is 10.8. The van der Waals surface area contributed by atoms with Gasteiger partial charge >= 0.3 is 0 Å².